The summed E-state index contributed by atoms with van der Waals surface area (Å²) in [6, 6.07) is 9.26. The van der Waals surface area contributed by atoms with Crippen LogP contribution in [0.1, 0.15) is 6.42 Å². The van der Waals surface area contributed by atoms with Gasteiger partial charge in [-0.15, -0.1) is 11.3 Å². The van der Waals surface area contributed by atoms with Crippen LogP contribution in [0, 0.1) is 11.7 Å². The first-order valence-electron chi connectivity index (χ1n) is 9.25. The normalized spacial score (nSPS) is 21.0. The van der Waals surface area contributed by atoms with Crippen LogP contribution in [0.5, 0.6) is 0 Å². The van der Waals surface area contributed by atoms with E-state index in [4.69, 9.17) is 0 Å². The van der Waals surface area contributed by atoms with E-state index in [1.54, 1.807) is 34.5 Å². The number of nitrogens with zero attached hydrogens (tertiary/aromatic N) is 3. The first kappa shape index (κ1) is 20.0. The summed E-state index contributed by atoms with van der Waals surface area (Å²) in [5, 5.41) is 1.71. The molecule has 1 aromatic carbocycles. The second-order valence-electron chi connectivity index (χ2n) is 7.02. The molecule has 2 aromatic rings. The van der Waals surface area contributed by atoms with Crippen LogP contribution in [0.25, 0.3) is 0 Å². The van der Waals surface area contributed by atoms with Crippen molar-refractivity contribution in [1.29, 1.82) is 0 Å². The van der Waals surface area contributed by atoms with Crippen LogP contribution in [-0.2, 0) is 19.6 Å². The van der Waals surface area contributed by atoms with Crippen LogP contribution < -0.4 is 4.90 Å². The van der Waals surface area contributed by atoms with Gasteiger partial charge in [-0.1, -0.05) is 18.2 Å². The highest BCUT2D eigenvalue weighted by atomic mass is 32.2. The van der Waals surface area contributed by atoms with Gasteiger partial charge in [-0.2, -0.15) is 4.31 Å². The molecule has 2 aliphatic heterocycles. The summed E-state index contributed by atoms with van der Waals surface area (Å²) in [4.78, 5) is 28.1. The highest BCUT2D eigenvalue weighted by Gasteiger charge is 2.39. The summed E-state index contributed by atoms with van der Waals surface area (Å²) in [6.07, 6.45) is 0.0286. The van der Waals surface area contributed by atoms with E-state index in [0.717, 1.165) is 0 Å². The second-order valence-corrected chi connectivity index (χ2v) is 10.1. The minimum absolute atomic E-state index is 0.0286. The molecule has 7 nitrogen and oxygen atoms in total. The molecule has 3 heterocycles. The summed E-state index contributed by atoms with van der Waals surface area (Å²) < 4.78 is 40.9. The van der Waals surface area contributed by atoms with E-state index in [2.05, 4.69) is 0 Å². The largest absolute Gasteiger partial charge is 0.340 e. The maximum Gasteiger partial charge on any atom is 0.252 e. The molecule has 2 fully saturated rings. The number of thiophene rings is 1. The molecule has 0 bridgehead atoms. The quantitative estimate of drug-likeness (QED) is 0.731. The van der Waals surface area contributed by atoms with Gasteiger partial charge in [0.25, 0.3) is 10.0 Å². The number of anilines is 1. The monoisotopic (exact) mass is 437 g/mol. The molecule has 2 amide bonds. The van der Waals surface area contributed by atoms with Crippen molar-refractivity contribution in [2.24, 2.45) is 5.92 Å². The summed E-state index contributed by atoms with van der Waals surface area (Å²) in [6.45, 7) is 1.10. The van der Waals surface area contributed by atoms with Crippen molar-refractivity contribution in [3.63, 3.8) is 0 Å². The van der Waals surface area contributed by atoms with Crippen molar-refractivity contribution in [3.8, 4) is 0 Å². The third-order valence-corrected chi connectivity index (χ3v) is 8.53. The number of benzene rings is 1. The number of rotatable bonds is 4. The first-order chi connectivity index (χ1) is 13.9. The second kappa shape index (κ2) is 7.85. The fraction of sp³-hybridized carbons (Fsp3) is 0.368. The van der Waals surface area contributed by atoms with Crippen molar-refractivity contribution in [2.45, 2.75) is 10.6 Å². The number of sulfonamides is 1. The number of halogens is 1. The Kier molecular flexibility index (Phi) is 5.41. The van der Waals surface area contributed by atoms with Crippen molar-refractivity contribution in [2.75, 3.05) is 37.6 Å². The zero-order chi connectivity index (χ0) is 20.6. The Balaban J connectivity index is 1.39. The molecule has 2 saturated heterocycles. The lowest BCUT2D eigenvalue weighted by Gasteiger charge is -2.34. The molecule has 0 unspecified atom stereocenters. The van der Waals surface area contributed by atoms with Gasteiger partial charge < -0.3 is 9.80 Å². The highest BCUT2D eigenvalue weighted by molar-refractivity contribution is 7.91. The van der Waals surface area contributed by atoms with Crippen LogP contribution in [0.2, 0.25) is 0 Å². The average molecular weight is 438 g/mol. The third kappa shape index (κ3) is 3.79. The zero-order valence-corrected chi connectivity index (χ0v) is 17.2. The van der Waals surface area contributed by atoms with Crippen LogP contribution in [0.4, 0.5) is 10.1 Å². The van der Waals surface area contributed by atoms with Crippen LogP contribution >= 0.6 is 11.3 Å². The Labute approximate surface area is 172 Å². The fourth-order valence-electron chi connectivity index (χ4n) is 3.72. The fourth-order valence-corrected chi connectivity index (χ4v) is 6.29. The van der Waals surface area contributed by atoms with Gasteiger partial charge in [0.1, 0.15) is 10.0 Å². The molecule has 1 aromatic heterocycles. The predicted octanol–water partition coefficient (Wildman–Crippen LogP) is 1.77. The van der Waals surface area contributed by atoms with E-state index in [1.165, 1.54) is 32.7 Å². The maximum absolute atomic E-state index is 14.0. The Bertz CT molecular complexity index is 1020. The van der Waals surface area contributed by atoms with Gasteiger partial charge in [-0.05, 0) is 23.6 Å². The summed E-state index contributed by atoms with van der Waals surface area (Å²) in [5.41, 5.74) is 0.180. The zero-order valence-electron chi connectivity index (χ0n) is 15.5. The van der Waals surface area contributed by atoms with Crippen molar-refractivity contribution in [3.05, 3.63) is 47.6 Å². The van der Waals surface area contributed by atoms with E-state index >= 15 is 0 Å². The standard InChI is InChI=1S/C19H20FN3O4S2/c20-15-4-1-2-5-16(15)23-13-14(12-17(23)24)19(25)21-7-9-22(10-8-21)29(26,27)18-6-3-11-28-18/h1-6,11,14H,7-10,12-13H2/t14-/m0/s1. The third-order valence-electron chi connectivity index (χ3n) is 5.26. The molecule has 0 saturated carbocycles. The average Bonchev–Trinajstić information content (AvgIpc) is 3.38. The van der Waals surface area contributed by atoms with Gasteiger partial charge in [-0.25, -0.2) is 12.8 Å². The number of hydrogen-bond donors (Lipinski definition) is 0. The van der Waals surface area contributed by atoms with Gasteiger partial charge in [0.15, 0.2) is 0 Å². The Hall–Kier alpha value is -2.30. The molecule has 1 atom stereocenters. The molecule has 0 radical (unpaired) electrons. The molecule has 4 rings (SSSR count). The van der Waals surface area contributed by atoms with E-state index in [1.807, 2.05) is 0 Å². The highest BCUT2D eigenvalue weighted by Crippen LogP contribution is 2.29. The van der Waals surface area contributed by atoms with E-state index in [0.29, 0.717) is 4.21 Å². The molecule has 0 spiro atoms. The number of carbonyl (C=O) groups excluding carboxylic acids is 2. The van der Waals surface area contributed by atoms with Crippen molar-refractivity contribution in [1.82, 2.24) is 9.21 Å². The van der Waals surface area contributed by atoms with Gasteiger partial charge >= 0.3 is 0 Å². The molecule has 154 valence electrons. The van der Waals surface area contributed by atoms with Crippen LogP contribution in [-0.4, -0.2) is 62.2 Å². The molecular formula is C19H20FN3O4S2. The van der Waals surface area contributed by atoms with E-state index in [-0.39, 0.29) is 56.6 Å². The molecule has 29 heavy (non-hydrogen) atoms. The molecule has 10 heteroatoms. The SMILES string of the molecule is O=C([C@H]1CC(=O)N(c2ccccc2F)C1)N1CCN(S(=O)(=O)c2cccs2)CC1. The van der Waals surface area contributed by atoms with Gasteiger partial charge in [0.05, 0.1) is 11.6 Å². The number of piperazine rings is 1. The van der Waals surface area contributed by atoms with Gasteiger partial charge in [0, 0.05) is 39.1 Å². The summed E-state index contributed by atoms with van der Waals surface area (Å²) in [5.74, 6) is -1.53. The number of amides is 2. The Morgan fingerprint density at radius 2 is 1.79 bits per heavy atom. The van der Waals surface area contributed by atoms with Crippen LogP contribution in [0.3, 0.4) is 0 Å². The smallest absolute Gasteiger partial charge is 0.252 e. The lowest BCUT2D eigenvalue weighted by molar-refractivity contribution is -0.136. The van der Waals surface area contributed by atoms with Gasteiger partial charge in [0.2, 0.25) is 11.8 Å². The predicted molar refractivity (Wildman–Crippen MR) is 107 cm³/mol. The lowest BCUT2D eigenvalue weighted by Crippen LogP contribution is -2.52. The van der Waals surface area contributed by atoms with E-state index in [9.17, 15) is 22.4 Å². The minimum atomic E-state index is -3.54. The molecule has 0 N–H and O–H groups in total. The Morgan fingerprint density at radius 1 is 1.07 bits per heavy atom. The summed E-state index contributed by atoms with van der Waals surface area (Å²) >= 11 is 1.17. The van der Waals surface area contributed by atoms with Crippen LogP contribution in [0.15, 0.2) is 46.0 Å². The number of hydrogen-bond acceptors (Lipinski definition) is 5. The van der Waals surface area contributed by atoms with Crippen molar-refractivity contribution >= 4 is 38.9 Å². The number of para-hydroxylation sites is 1. The minimum Gasteiger partial charge on any atom is -0.340 e. The topological polar surface area (TPSA) is 78.0 Å². The van der Waals surface area contributed by atoms with Crippen molar-refractivity contribution < 1.29 is 22.4 Å². The molecule has 2 aliphatic rings. The molecular weight excluding hydrogens is 417 g/mol. The first-order valence-corrected chi connectivity index (χ1v) is 11.6. The number of carbonyl (C=O) groups is 2. The molecule has 0 aliphatic carbocycles. The Morgan fingerprint density at radius 3 is 2.45 bits per heavy atom. The lowest BCUT2D eigenvalue weighted by atomic mass is 10.1. The van der Waals surface area contributed by atoms with Gasteiger partial charge in [-0.3, -0.25) is 9.59 Å². The maximum atomic E-state index is 14.0. The van der Waals surface area contributed by atoms with E-state index < -0.39 is 21.8 Å². The summed E-state index contributed by atoms with van der Waals surface area (Å²) in [7, 11) is -3.54.